The van der Waals surface area contributed by atoms with Gasteiger partial charge in [-0.1, -0.05) is 26.0 Å². The first-order valence-corrected chi connectivity index (χ1v) is 10.1. The Labute approximate surface area is 163 Å². The van der Waals surface area contributed by atoms with Crippen LogP contribution in [0.4, 0.5) is 0 Å². The molecule has 5 heteroatoms. The van der Waals surface area contributed by atoms with Gasteiger partial charge in [0, 0.05) is 19.5 Å². The van der Waals surface area contributed by atoms with Gasteiger partial charge in [-0.15, -0.1) is 0 Å². The second-order valence-corrected chi connectivity index (χ2v) is 7.73. The first kappa shape index (κ1) is 21.3. The molecule has 0 radical (unpaired) electrons. The van der Waals surface area contributed by atoms with E-state index >= 15 is 0 Å². The number of rotatable bonds is 10. The number of ether oxygens (including phenoxy) is 2. The van der Waals surface area contributed by atoms with E-state index in [0.717, 1.165) is 24.2 Å². The van der Waals surface area contributed by atoms with Crippen molar-refractivity contribution in [3.05, 3.63) is 29.8 Å². The molecule has 0 bridgehead atoms. The van der Waals surface area contributed by atoms with Crippen molar-refractivity contribution in [2.45, 2.75) is 64.9 Å². The molecule has 2 rings (SSSR count). The Morgan fingerprint density at radius 3 is 2.59 bits per heavy atom. The summed E-state index contributed by atoms with van der Waals surface area (Å²) in [5.41, 5.74) is 1.11. The zero-order valence-corrected chi connectivity index (χ0v) is 16.9. The highest BCUT2D eigenvalue weighted by molar-refractivity contribution is 5.77. The third-order valence-corrected chi connectivity index (χ3v) is 4.88. The van der Waals surface area contributed by atoms with Gasteiger partial charge in [-0.25, -0.2) is 0 Å². The summed E-state index contributed by atoms with van der Waals surface area (Å²) in [7, 11) is 1.37. The lowest BCUT2D eigenvalue weighted by molar-refractivity contribution is -0.141. The number of hydrogen-bond donors (Lipinski definition) is 0. The number of esters is 1. The highest BCUT2D eigenvalue weighted by Crippen LogP contribution is 2.25. The fourth-order valence-electron chi connectivity index (χ4n) is 3.47. The second kappa shape index (κ2) is 11.0. The van der Waals surface area contributed by atoms with E-state index in [9.17, 15) is 9.59 Å². The maximum Gasteiger partial charge on any atom is 0.307 e. The third kappa shape index (κ3) is 7.61. The SMILES string of the molecule is COC(=O)CCN(CC(C)C)C(=O)CCc1cccc(OC2CCCC2)c1. The van der Waals surface area contributed by atoms with Gasteiger partial charge >= 0.3 is 5.97 Å². The molecule has 0 atom stereocenters. The molecule has 0 unspecified atom stereocenters. The monoisotopic (exact) mass is 375 g/mol. The molecule has 0 aliphatic heterocycles. The number of amides is 1. The average molecular weight is 376 g/mol. The van der Waals surface area contributed by atoms with Gasteiger partial charge in [0.1, 0.15) is 5.75 Å². The van der Waals surface area contributed by atoms with Crippen LogP contribution in [0, 0.1) is 5.92 Å². The van der Waals surface area contributed by atoms with Crippen molar-refractivity contribution in [2.24, 2.45) is 5.92 Å². The van der Waals surface area contributed by atoms with Gasteiger partial charge in [0.05, 0.1) is 19.6 Å². The van der Waals surface area contributed by atoms with Crippen LogP contribution in [0.15, 0.2) is 24.3 Å². The third-order valence-electron chi connectivity index (χ3n) is 4.88. The Morgan fingerprint density at radius 1 is 1.19 bits per heavy atom. The van der Waals surface area contributed by atoms with E-state index < -0.39 is 0 Å². The lowest BCUT2D eigenvalue weighted by Gasteiger charge is -2.24. The Kier molecular flexibility index (Phi) is 8.62. The van der Waals surface area contributed by atoms with E-state index in [0.29, 0.717) is 38.0 Å². The fraction of sp³-hybridized carbons (Fsp3) is 0.636. The highest BCUT2D eigenvalue weighted by Gasteiger charge is 2.18. The molecule has 0 N–H and O–H groups in total. The van der Waals surface area contributed by atoms with Gasteiger partial charge in [-0.3, -0.25) is 9.59 Å². The molecule has 0 aromatic heterocycles. The topological polar surface area (TPSA) is 55.8 Å². The molecule has 1 aliphatic rings. The molecular formula is C22H33NO4. The number of aryl methyl sites for hydroxylation is 1. The summed E-state index contributed by atoms with van der Waals surface area (Å²) in [5.74, 6) is 1.05. The number of carbonyl (C=O) groups is 2. The molecule has 1 fully saturated rings. The molecule has 5 nitrogen and oxygen atoms in total. The van der Waals surface area contributed by atoms with Crippen molar-refractivity contribution in [3.8, 4) is 5.75 Å². The zero-order valence-electron chi connectivity index (χ0n) is 16.9. The molecule has 0 spiro atoms. The van der Waals surface area contributed by atoms with Crippen LogP contribution in [0.5, 0.6) is 5.75 Å². The summed E-state index contributed by atoms with van der Waals surface area (Å²) in [4.78, 5) is 25.8. The van der Waals surface area contributed by atoms with Crippen LogP contribution < -0.4 is 4.74 Å². The molecule has 1 saturated carbocycles. The summed E-state index contributed by atoms with van der Waals surface area (Å²) in [6.45, 7) is 5.21. The first-order chi connectivity index (χ1) is 13.0. The van der Waals surface area contributed by atoms with Gasteiger partial charge in [-0.05, 0) is 55.7 Å². The van der Waals surface area contributed by atoms with E-state index in [4.69, 9.17) is 9.47 Å². The number of nitrogens with zero attached hydrogens (tertiary/aromatic N) is 1. The number of carbonyl (C=O) groups excluding carboxylic acids is 2. The summed E-state index contributed by atoms with van der Waals surface area (Å²) in [6.07, 6.45) is 6.43. The van der Waals surface area contributed by atoms with Crippen molar-refractivity contribution in [1.82, 2.24) is 4.90 Å². The van der Waals surface area contributed by atoms with Crippen LogP contribution in [0.1, 0.15) is 57.9 Å². The molecule has 0 heterocycles. The van der Waals surface area contributed by atoms with E-state index in [1.807, 2.05) is 24.3 Å². The van der Waals surface area contributed by atoms with Crippen LogP contribution in [0.2, 0.25) is 0 Å². The predicted octanol–water partition coefficient (Wildman–Crippen LogP) is 3.99. The summed E-state index contributed by atoms with van der Waals surface area (Å²) < 4.78 is 10.7. The van der Waals surface area contributed by atoms with Crippen molar-refractivity contribution < 1.29 is 19.1 Å². The van der Waals surface area contributed by atoms with Gasteiger partial charge in [0.2, 0.25) is 5.91 Å². The van der Waals surface area contributed by atoms with Crippen LogP contribution >= 0.6 is 0 Å². The first-order valence-electron chi connectivity index (χ1n) is 10.1. The normalized spacial score (nSPS) is 14.4. The maximum atomic E-state index is 12.7. The molecule has 150 valence electrons. The van der Waals surface area contributed by atoms with Gasteiger partial charge in [-0.2, -0.15) is 0 Å². The average Bonchev–Trinajstić information content (AvgIpc) is 3.15. The standard InChI is InChI=1S/C22H33NO4/c1-17(2)16-23(14-13-22(25)26-3)21(24)12-11-18-7-6-10-20(15-18)27-19-8-4-5-9-19/h6-7,10,15,17,19H,4-5,8-9,11-14,16H2,1-3H3. The van der Waals surface area contributed by atoms with Crippen LogP contribution in [0.25, 0.3) is 0 Å². The smallest absolute Gasteiger partial charge is 0.307 e. The lowest BCUT2D eigenvalue weighted by Crippen LogP contribution is -2.36. The van der Waals surface area contributed by atoms with E-state index in [1.54, 1.807) is 4.90 Å². The van der Waals surface area contributed by atoms with Gasteiger partial charge in [0.25, 0.3) is 0 Å². The van der Waals surface area contributed by atoms with Crippen molar-refractivity contribution >= 4 is 11.9 Å². The largest absolute Gasteiger partial charge is 0.490 e. The Hall–Kier alpha value is -2.04. The van der Waals surface area contributed by atoms with Crippen molar-refractivity contribution in [3.63, 3.8) is 0 Å². The number of methoxy groups -OCH3 is 1. The zero-order chi connectivity index (χ0) is 19.6. The summed E-state index contributed by atoms with van der Waals surface area (Å²) in [6, 6.07) is 8.07. The molecule has 0 saturated heterocycles. The van der Waals surface area contributed by atoms with E-state index in [-0.39, 0.29) is 18.3 Å². The van der Waals surface area contributed by atoms with Gasteiger partial charge < -0.3 is 14.4 Å². The molecule has 1 aliphatic carbocycles. The van der Waals surface area contributed by atoms with E-state index in [2.05, 4.69) is 13.8 Å². The molecule has 1 aromatic rings. The minimum absolute atomic E-state index is 0.0784. The van der Waals surface area contributed by atoms with Gasteiger partial charge in [0.15, 0.2) is 0 Å². The quantitative estimate of drug-likeness (QED) is 0.580. The summed E-state index contributed by atoms with van der Waals surface area (Å²) in [5, 5.41) is 0. The van der Waals surface area contributed by atoms with Crippen LogP contribution in [-0.4, -0.2) is 43.1 Å². The Bertz CT molecular complexity index is 608. The maximum absolute atomic E-state index is 12.7. The number of benzene rings is 1. The van der Waals surface area contributed by atoms with Crippen LogP contribution in [0.3, 0.4) is 0 Å². The van der Waals surface area contributed by atoms with Crippen molar-refractivity contribution in [1.29, 1.82) is 0 Å². The Morgan fingerprint density at radius 2 is 1.93 bits per heavy atom. The molecule has 27 heavy (non-hydrogen) atoms. The lowest BCUT2D eigenvalue weighted by atomic mass is 10.1. The Balaban J connectivity index is 1.88. The fourth-order valence-corrected chi connectivity index (χ4v) is 3.47. The van der Waals surface area contributed by atoms with Crippen LogP contribution in [-0.2, 0) is 20.7 Å². The minimum atomic E-state index is -0.284. The van der Waals surface area contributed by atoms with E-state index in [1.165, 1.54) is 20.0 Å². The molecular weight excluding hydrogens is 342 g/mol. The molecule has 1 aromatic carbocycles. The number of hydrogen-bond acceptors (Lipinski definition) is 4. The van der Waals surface area contributed by atoms with Crippen molar-refractivity contribution in [2.75, 3.05) is 20.2 Å². The molecule has 1 amide bonds. The minimum Gasteiger partial charge on any atom is -0.490 e. The predicted molar refractivity (Wildman–Crippen MR) is 106 cm³/mol. The second-order valence-electron chi connectivity index (χ2n) is 7.73. The highest BCUT2D eigenvalue weighted by atomic mass is 16.5. The summed E-state index contributed by atoms with van der Waals surface area (Å²) >= 11 is 0.